The van der Waals surface area contributed by atoms with Gasteiger partial charge in [-0.25, -0.2) is 0 Å². The lowest BCUT2D eigenvalue weighted by atomic mass is 10.1. The van der Waals surface area contributed by atoms with E-state index in [1.807, 2.05) is 5.32 Å². The molecule has 1 aliphatic rings. The van der Waals surface area contributed by atoms with Crippen molar-refractivity contribution in [3.05, 3.63) is 23.8 Å². The van der Waals surface area contributed by atoms with Gasteiger partial charge in [0, 0.05) is 5.56 Å². The second-order valence-electron chi connectivity index (χ2n) is 3.62. The molecular formula is C11H11F2NO3. The Morgan fingerprint density at radius 1 is 1.35 bits per heavy atom. The molecule has 0 aliphatic carbocycles. The van der Waals surface area contributed by atoms with E-state index in [1.165, 1.54) is 19.1 Å². The molecule has 0 aromatic heterocycles. The Balaban J connectivity index is 2.14. The third kappa shape index (κ3) is 2.52. The lowest BCUT2D eigenvalue weighted by molar-refractivity contribution is 0.0747. The molecule has 1 aromatic rings. The maximum atomic E-state index is 12.1. The predicted molar refractivity (Wildman–Crippen MR) is 55.5 cm³/mol. The van der Waals surface area contributed by atoms with E-state index in [2.05, 4.69) is 0 Å². The zero-order valence-electron chi connectivity index (χ0n) is 9.07. The van der Waals surface area contributed by atoms with Gasteiger partial charge in [-0.15, -0.1) is 0 Å². The van der Waals surface area contributed by atoms with Crippen LogP contribution in [0.3, 0.4) is 0 Å². The molecule has 92 valence electrons. The Hall–Kier alpha value is -1.69. The SMILES string of the molecule is CC(NC(F)F)C(=O)c1ccc2c(c1)OCO2. The first-order valence-electron chi connectivity index (χ1n) is 5.06. The Labute approximate surface area is 96.5 Å². The Morgan fingerprint density at radius 3 is 2.76 bits per heavy atom. The van der Waals surface area contributed by atoms with Gasteiger partial charge in [-0.05, 0) is 25.1 Å². The van der Waals surface area contributed by atoms with Gasteiger partial charge in [-0.2, -0.15) is 8.78 Å². The molecule has 1 unspecified atom stereocenters. The highest BCUT2D eigenvalue weighted by Crippen LogP contribution is 2.32. The van der Waals surface area contributed by atoms with Crippen LogP contribution < -0.4 is 14.8 Å². The molecule has 0 saturated heterocycles. The monoisotopic (exact) mass is 243 g/mol. The number of hydrogen-bond donors (Lipinski definition) is 1. The fourth-order valence-electron chi connectivity index (χ4n) is 1.56. The molecule has 0 radical (unpaired) electrons. The molecule has 0 amide bonds. The minimum atomic E-state index is -2.72. The number of ketones is 1. The summed E-state index contributed by atoms with van der Waals surface area (Å²) in [4.78, 5) is 11.8. The largest absolute Gasteiger partial charge is 0.454 e. The number of rotatable bonds is 4. The average Bonchev–Trinajstić information content (AvgIpc) is 2.73. The highest BCUT2D eigenvalue weighted by Gasteiger charge is 2.21. The summed E-state index contributed by atoms with van der Waals surface area (Å²) in [5, 5.41) is 1.85. The summed E-state index contributed by atoms with van der Waals surface area (Å²) in [6, 6.07) is 3.66. The van der Waals surface area contributed by atoms with Crippen LogP contribution in [0, 0.1) is 0 Å². The average molecular weight is 243 g/mol. The summed E-state index contributed by atoms with van der Waals surface area (Å²) >= 11 is 0. The number of alkyl halides is 2. The van der Waals surface area contributed by atoms with Crippen molar-refractivity contribution in [1.29, 1.82) is 0 Å². The molecule has 1 N–H and O–H groups in total. The summed E-state index contributed by atoms with van der Waals surface area (Å²) in [7, 11) is 0. The van der Waals surface area contributed by atoms with Gasteiger partial charge in [0.1, 0.15) is 0 Å². The maximum absolute atomic E-state index is 12.1. The van der Waals surface area contributed by atoms with Gasteiger partial charge in [0.2, 0.25) is 6.79 Å². The van der Waals surface area contributed by atoms with E-state index in [0.29, 0.717) is 17.1 Å². The molecule has 1 aromatic carbocycles. The van der Waals surface area contributed by atoms with Gasteiger partial charge in [-0.3, -0.25) is 10.1 Å². The Kier molecular flexibility index (Phi) is 3.23. The molecule has 1 heterocycles. The number of carbonyl (C=O) groups excluding carboxylic acids is 1. The van der Waals surface area contributed by atoms with Crippen molar-refractivity contribution in [2.75, 3.05) is 6.79 Å². The molecule has 1 atom stereocenters. The zero-order chi connectivity index (χ0) is 12.4. The summed E-state index contributed by atoms with van der Waals surface area (Å²) < 4.78 is 34.3. The van der Waals surface area contributed by atoms with Crippen LogP contribution >= 0.6 is 0 Å². The van der Waals surface area contributed by atoms with Crippen molar-refractivity contribution in [2.45, 2.75) is 19.5 Å². The van der Waals surface area contributed by atoms with Crippen LogP contribution in [-0.4, -0.2) is 25.2 Å². The molecule has 1 aliphatic heterocycles. The van der Waals surface area contributed by atoms with Gasteiger partial charge in [0.15, 0.2) is 17.3 Å². The van der Waals surface area contributed by atoms with Crippen molar-refractivity contribution < 1.29 is 23.0 Å². The van der Waals surface area contributed by atoms with Crippen LogP contribution in [0.2, 0.25) is 0 Å². The smallest absolute Gasteiger partial charge is 0.292 e. The maximum Gasteiger partial charge on any atom is 0.292 e. The van der Waals surface area contributed by atoms with Crippen LogP contribution in [0.1, 0.15) is 17.3 Å². The standard InChI is InChI=1S/C11H11F2NO3/c1-6(14-11(12)13)10(15)7-2-3-8-9(4-7)17-5-16-8/h2-4,6,11,14H,5H2,1H3. The molecule has 2 rings (SSSR count). The molecule has 0 bridgehead atoms. The van der Waals surface area contributed by atoms with E-state index in [4.69, 9.17) is 9.47 Å². The highest BCUT2D eigenvalue weighted by atomic mass is 19.3. The second kappa shape index (κ2) is 4.67. The number of nitrogens with one attached hydrogen (secondary N) is 1. The van der Waals surface area contributed by atoms with Gasteiger partial charge in [0.25, 0.3) is 6.55 Å². The molecule has 4 nitrogen and oxygen atoms in total. The van der Waals surface area contributed by atoms with Crippen molar-refractivity contribution in [1.82, 2.24) is 5.32 Å². The Bertz CT molecular complexity index is 437. The first-order valence-corrected chi connectivity index (χ1v) is 5.06. The van der Waals surface area contributed by atoms with E-state index in [1.54, 1.807) is 6.07 Å². The predicted octanol–water partition coefficient (Wildman–Crippen LogP) is 1.80. The van der Waals surface area contributed by atoms with Crippen LogP contribution in [0.15, 0.2) is 18.2 Å². The van der Waals surface area contributed by atoms with Crippen LogP contribution in [0.25, 0.3) is 0 Å². The molecule has 6 heteroatoms. The first-order chi connectivity index (χ1) is 8.08. The van der Waals surface area contributed by atoms with E-state index in [0.717, 1.165) is 0 Å². The minimum Gasteiger partial charge on any atom is -0.454 e. The fourth-order valence-corrected chi connectivity index (χ4v) is 1.56. The van der Waals surface area contributed by atoms with Gasteiger partial charge in [0.05, 0.1) is 6.04 Å². The number of halogens is 2. The molecular weight excluding hydrogens is 232 g/mol. The number of benzene rings is 1. The van der Waals surface area contributed by atoms with Crippen LogP contribution in [0.4, 0.5) is 8.78 Å². The second-order valence-corrected chi connectivity index (χ2v) is 3.62. The highest BCUT2D eigenvalue weighted by molar-refractivity contribution is 6.00. The first kappa shape index (κ1) is 11.8. The van der Waals surface area contributed by atoms with Crippen molar-refractivity contribution in [2.24, 2.45) is 0 Å². The number of Topliss-reactive ketones (excluding diaryl/α,β-unsaturated/α-hetero) is 1. The fraction of sp³-hybridized carbons (Fsp3) is 0.364. The third-order valence-electron chi connectivity index (χ3n) is 2.43. The molecule has 0 saturated carbocycles. The summed E-state index contributed by atoms with van der Waals surface area (Å²) in [5.74, 6) is 0.597. The number of hydrogen-bond acceptors (Lipinski definition) is 4. The quantitative estimate of drug-likeness (QED) is 0.647. The third-order valence-corrected chi connectivity index (χ3v) is 2.43. The number of ether oxygens (including phenoxy) is 2. The van der Waals surface area contributed by atoms with Crippen LogP contribution in [0.5, 0.6) is 11.5 Å². The summed E-state index contributed by atoms with van der Waals surface area (Å²) in [6.07, 6.45) is 0. The lowest BCUT2D eigenvalue weighted by Crippen LogP contribution is -2.37. The van der Waals surface area contributed by atoms with Crippen molar-refractivity contribution in [3.8, 4) is 11.5 Å². The summed E-state index contributed by atoms with van der Waals surface area (Å²) in [6.45, 7) is -1.22. The topological polar surface area (TPSA) is 47.6 Å². The van der Waals surface area contributed by atoms with Gasteiger partial charge in [-0.1, -0.05) is 0 Å². The van der Waals surface area contributed by atoms with Gasteiger partial charge >= 0.3 is 0 Å². The minimum absolute atomic E-state index is 0.109. The normalized spacial score (nSPS) is 15.1. The van der Waals surface area contributed by atoms with E-state index in [9.17, 15) is 13.6 Å². The lowest BCUT2D eigenvalue weighted by Gasteiger charge is -2.12. The molecule has 0 fully saturated rings. The molecule has 0 spiro atoms. The number of carbonyl (C=O) groups is 1. The van der Waals surface area contributed by atoms with E-state index < -0.39 is 18.4 Å². The van der Waals surface area contributed by atoms with Crippen molar-refractivity contribution >= 4 is 5.78 Å². The van der Waals surface area contributed by atoms with Crippen LogP contribution in [-0.2, 0) is 0 Å². The van der Waals surface area contributed by atoms with Crippen molar-refractivity contribution in [3.63, 3.8) is 0 Å². The van der Waals surface area contributed by atoms with E-state index >= 15 is 0 Å². The summed E-state index contributed by atoms with van der Waals surface area (Å²) in [5.41, 5.74) is 0.315. The Morgan fingerprint density at radius 2 is 2.06 bits per heavy atom. The number of fused-ring (bicyclic) bond motifs is 1. The van der Waals surface area contributed by atoms with E-state index in [-0.39, 0.29) is 6.79 Å². The molecule has 17 heavy (non-hydrogen) atoms. The zero-order valence-corrected chi connectivity index (χ0v) is 9.07. The van der Waals surface area contributed by atoms with Gasteiger partial charge < -0.3 is 9.47 Å².